The molecule has 3 aliphatic rings. The van der Waals surface area contributed by atoms with Gasteiger partial charge in [-0.05, 0) is 51.4 Å². The van der Waals surface area contributed by atoms with E-state index in [1.54, 1.807) is 0 Å². The van der Waals surface area contributed by atoms with Crippen LogP contribution in [0.5, 0.6) is 0 Å². The number of rotatable bonds is 82. The SMILES string of the molecule is CCCCCC/C=C\CCCCCCCCCC(=O)OCC(COP(=O)(O)OC1C(OC2OC(CO)C(O)C(O)C2O)C(O)C(O)C(OC(=O)CCCCCCCCCCCCCCCCCC)C1OC1OC(COC(=O)CCCCCCCCCCCCCCCCCC)C(O)C(O)C1O)OC(=O)CCCCCCCCCCCCCCCCCC. The largest absolute Gasteiger partial charge is 0.472 e. The molecule has 0 aromatic rings. The molecular formula is C96H179O25P. The minimum absolute atomic E-state index is 0.0194. The lowest BCUT2D eigenvalue weighted by molar-refractivity contribution is -0.360. The summed E-state index contributed by atoms with van der Waals surface area (Å²) in [5.74, 6) is -2.95. The molecule has 3 fully saturated rings. The van der Waals surface area contributed by atoms with Gasteiger partial charge in [-0.1, -0.05) is 380 Å². The van der Waals surface area contributed by atoms with E-state index in [1.165, 1.54) is 212 Å². The number of carbonyl (C=O) groups is 4. The first-order chi connectivity index (χ1) is 59.2. The van der Waals surface area contributed by atoms with Crippen LogP contribution < -0.4 is 0 Å². The van der Waals surface area contributed by atoms with Crippen LogP contribution in [0.4, 0.5) is 0 Å². The van der Waals surface area contributed by atoms with Crippen molar-refractivity contribution >= 4 is 31.7 Å². The number of aliphatic hydroxyl groups excluding tert-OH is 9. The Morgan fingerprint density at radius 1 is 0.320 bits per heavy atom. The van der Waals surface area contributed by atoms with Crippen LogP contribution in [0.1, 0.15) is 445 Å². The van der Waals surface area contributed by atoms with E-state index < -0.39 is 162 Å². The molecule has 18 unspecified atom stereocenters. The van der Waals surface area contributed by atoms with Gasteiger partial charge in [-0.3, -0.25) is 28.2 Å². The smallest absolute Gasteiger partial charge is 0.463 e. The average molecular weight is 1760 g/mol. The van der Waals surface area contributed by atoms with Gasteiger partial charge in [0.15, 0.2) is 24.8 Å². The molecule has 25 nitrogen and oxygen atoms in total. The summed E-state index contributed by atoms with van der Waals surface area (Å²) in [6.45, 7) is 5.65. The summed E-state index contributed by atoms with van der Waals surface area (Å²) in [4.78, 5) is 66.7. The van der Waals surface area contributed by atoms with Gasteiger partial charge in [0.1, 0.15) is 92.6 Å². The summed E-state index contributed by atoms with van der Waals surface area (Å²) < 4.78 is 73.6. The van der Waals surface area contributed by atoms with Gasteiger partial charge >= 0.3 is 31.7 Å². The zero-order valence-electron chi connectivity index (χ0n) is 76.8. The summed E-state index contributed by atoms with van der Waals surface area (Å²) in [6.07, 6.45) is 35.9. The van der Waals surface area contributed by atoms with Crippen LogP contribution in [0.15, 0.2) is 12.2 Å². The number of hydrogen-bond donors (Lipinski definition) is 10. The Morgan fingerprint density at radius 2 is 0.615 bits per heavy atom. The van der Waals surface area contributed by atoms with Crippen LogP contribution in [-0.4, -0.2) is 205 Å². The number of esters is 4. The highest BCUT2D eigenvalue weighted by Crippen LogP contribution is 2.49. The number of hydrogen-bond acceptors (Lipinski definition) is 24. The monoisotopic (exact) mass is 1760 g/mol. The predicted octanol–water partition coefficient (Wildman–Crippen LogP) is 19.5. The molecule has 1 aliphatic carbocycles. The lowest BCUT2D eigenvalue weighted by Crippen LogP contribution is -2.70. The first-order valence-corrected chi connectivity index (χ1v) is 51.4. The van der Waals surface area contributed by atoms with E-state index in [1.807, 2.05) is 0 Å². The van der Waals surface area contributed by atoms with Crippen molar-refractivity contribution in [3.05, 3.63) is 12.2 Å². The number of ether oxygens (including phenoxy) is 8. The first-order valence-electron chi connectivity index (χ1n) is 49.9. The summed E-state index contributed by atoms with van der Waals surface area (Å²) in [5, 5.41) is 103. The van der Waals surface area contributed by atoms with E-state index in [-0.39, 0.29) is 25.7 Å². The second-order valence-electron chi connectivity index (χ2n) is 35.7. The molecule has 18 atom stereocenters. The third-order valence-corrected chi connectivity index (χ3v) is 25.5. The average Bonchev–Trinajstić information content (AvgIpc) is 0.751. The Kier molecular flexibility index (Phi) is 69.6. The molecule has 0 spiro atoms. The van der Waals surface area contributed by atoms with E-state index in [0.717, 1.165) is 148 Å². The highest BCUT2D eigenvalue weighted by molar-refractivity contribution is 7.47. The zero-order chi connectivity index (χ0) is 88.9. The molecule has 122 heavy (non-hydrogen) atoms. The fourth-order valence-corrected chi connectivity index (χ4v) is 17.6. The standard InChI is InChI=1S/C96H179O25P/c1-5-9-13-17-21-25-29-33-37-41-45-49-53-57-61-65-69-80(99)113-75-78-84(103)86(105)90(109)96(117-78)120-93-91(118-82(101)71-67-63-59-55-51-47-43-39-35-31-27-23-19-15-11-7-3)87(106)88(107)92(119-95-89(108)85(104)83(102)77(72-97)116-95)94(93)121-122(110,111)114-74-76(73-112-79(98)68-64-60-56-52-48-44-40-36-32-28-24-20-16-12-8-4)115-81(100)70-66-62-58-54-50-46-42-38-34-30-26-22-18-14-10-6-2/h28,32,76-78,83-97,102-109H,5-27,29-31,33-75H2,1-4H3,(H,110,111)/b32-28-. The molecule has 0 bridgehead atoms. The van der Waals surface area contributed by atoms with Gasteiger partial charge in [-0.15, -0.1) is 0 Å². The van der Waals surface area contributed by atoms with Crippen LogP contribution in [0, 0.1) is 0 Å². The van der Waals surface area contributed by atoms with Crippen molar-refractivity contribution < 1.29 is 122 Å². The maximum Gasteiger partial charge on any atom is 0.472 e. The Labute approximate surface area is 737 Å². The second-order valence-corrected chi connectivity index (χ2v) is 37.1. The van der Waals surface area contributed by atoms with Crippen molar-refractivity contribution in [2.75, 3.05) is 26.4 Å². The van der Waals surface area contributed by atoms with Gasteiger partial charge < -0.3 is 88.7 Å². The summed E-state index contributed by atoms with van der Waals surface area (Å²) >= 11 is 0. The number of phosphoric ester groups is 1. The van der Waals surface area contributed by atoms with Crippen molar-refractivity contribution in [2.45, 2.75) is 549 Å². The molecule has 10 N–H and O–H groups in total. The topological polar surface area (TPSA) is 380 Å². The quantitative estimate of drug-likeness (QED) is 0.00889. The maximum atomic E-state index is 14.9. The van der Waals surface area contributed by atoms with E-state index in [2.05, 4.69) is 39.8 Å². The molecular weight excluding hydrogens is 1580 g/mol. The van der Waals surface area contributed by atoms with Gasteiger partial charge in [0.05, 0.1) is 13.2 Å². The van der Waals surface area contributed by atoms with E-state index >= 15 is 0 Å². The molecule has 26 heteroatoms. The van der Waals surface area contributed by atoms with E-state index in [4.69, 9.17) is 46.9 Å². The van der Waals surface area contributed by atoms with Gasteiger partial charge in [0.2, 0.25) is 0 Å². The van der Waals surface area contributed by atoms with E-state index in [0.29, 0.717) is 32.1 Å². The molecule has 3 rings (SSSR count). The molecule has 0 radical (unpaired) electrons. The normalized spacial score (nSPS) is 24.5. The fraction of sp³-hybridized carbons (Fsp3) is 0.938. The molecule has 0 aromatic carbocycles. The molecule has 2 aliphatic heterocycles. The third-order valence-electron chi connectivity index (χ3n) is 24.5. The van der Waals surface area contributed by atoms with Crippen LogP contribution in [-0.2, 0) is 70.7 Å². The summed E-state index contributed by atoms with van der Waals surface area (Å²) in [6, 6.07) is 0. The number of phosphoric acid groups is 1. The van der Waals surface area contributed by atoms with Crippen molar-refractivity contribution in [3.8, 4) is 0 Å². The number of aliphatic hydroxyl groups is 9. The second kappa shape index (κ2) is 74.9. The van der Waals surface area contributed by atoms with Crippen LogP contribution in [0.25, 0.3) is 0 Å². The van der Waals surface area contributed by atoms with Crippen molar-refractivity contribution in [3.63, 3.8) is 0 Å². The zero-order valence-corrected chi connectivity index (χ0v) is 77.7. The first kappa shape index (κ1) is 113. The lowest BCUT2D eigenvalue weighted by atomic mass is 9.84. The van der Waals surface area contributed by atoms with Gasteiger partial charge in [0.25, 0.3) is 0 Å². The van der Waals surface area contributed by atoms with E-state index in [9.17, 15) is 74.6 Å². The highest BCUT2D eigenvalue weighted by Gasteiger charge is 2.60. The number of carbonyl (C=O) groups excluding carboxylic acids is 4. The fourth-order valence-electron chi connectivity index (χ4n) is 16.6. The third kappa shape index (κ3) is 54.0. The molecule has 1 saturated carbocycles. The molecule has 2 heterocycles. The van der Waals surface area contributed by atoms with Crippen molar-refractivity contribution in [1.82, 2.24) is 0 Å². The Bertz CT molecular complexity index is 2570. The van der Waals surface area contributed by atoms with Crippen molar-refractivity contribution in [2.24, 2.45) is 0 Å². The Morgan fingerprint density at radius 3 is 0.984 bits per heavy atom. The molecule has 718 valence electrons. The summed E-state index contributed by atoms with van der Waals surface area (Å²) in [7, 11) is -5.81. The van der Waals surface area contributed by atoms with Gasteiger partial charge in [-0.2, -0.15) is 0 Å². The number of unbranched alkanes of at least 4 members (excludes halogenated alkanes) is 56. The predicted molar refractivity (Wildman–Crippen MR) is 476 cm³/mol. The minimum Gasteiger partial charge on any atom is -0.463 e. The van der Waals surface area contributed by atoms with Crippen LogP contribution in [0.2, 0.25) is 0 Å². The van der Waals surface area contributed by atoms with Crippen molar-refractivity contribution in [1.29, 1.82) is 0 Å². The van der Waals surface area contributed by atoms with Gasteiger partial charge in [0, 0.05) is 25.7 Å². The lowest BCUT2D eigenvalue weighted by Gasteiger charge is -2.50. The minimum atomic E-state index is -5.81. The summed E-state index contributed by atoms with van der Waals surface area (Å²) in [5.41, 5.74) is 0. The highest BCUT2D eigenvalue weighted by atomic mass is 31.2. The number of allylic oxidation sites excluding steroid dienone is 2. The Balaban J connectivity index is 1.89. The maximum absolute atomic E-state index is 14.9. The molecule has 0 amide bonds. The Hall–Kier alpha value is -2.79. The molecule has 2 saturated heterocycles. The van der Waals surface area contributed by atoms with Gasteiger partial charge in [-0.25, -0.2) is 4.57 Å². The molecule has 0 aromatic heterocycles. The van der Waals surface area contributed by atoms with Crippen LogP contribution in [0.3, 0.4) is 0 Å². The van der Waals surface area contributed by atoms with Crippen LogP contribution >= 0.6 is 7.82 Å².